The zero-order chi connectivity index (χ0) is 28.7. The van der Waals surface area contributed by atoms with Crippen LogP contribution in [0, 0.1) is 11.6 Å². The van der Waals surface area contributed by atoms with E-state index >= 15 is 4.39 Å². The Labute approximate surface area is 241 Å². The number of nitrogens with zero attached hydrogens (tertiary/aromatic N) is 5. The molecule has 8 rings (SSSR count). The minimum Gasteiger partial charge on any atom is -0.508 e. The van der Waals surface area contributed by atoms with E-state index in [1.807, 2.05) is 17.7 Å². The van der Waals surface area contributed by atoms with Gasteiger partial charge < -0.3 is 24.6 Å². The molecule has 8 nitrogen and oxygen atoms in total. The van der Waals surface area contributed by atoms with Gasteiger partial charge in [0.15, 0.2) is 17.5 Å². The smallest absolute Gasteiger partial charge is 0.217 e. The normalized spacial score (nSPS) is 27.4. The number of imidazole rings is 1. The molecule has 0 radical (unpaired) electrons. The maximum Gasteiger partial charge on any atom is 0.217 e. The van der Waals surface area contributed by atoms with E-state index in [4.69, 9.17) is 14.7 Å². The van der Waals surface area contributed by atoms with Crippen molar-refractivity contribution >= 4 is 27.6 Å². The molecule has 3 unspecified atom stereocenters. The Kier molecular flexibility index (Phi) is 5.88. The van der Waals surface area contributed by atoms with E-state index in [1.54, 1.807) is 0 Å². The van der Waals surface area contributed by atoms with Gasteiger partial charge in [-0.05, 0) is 55.8 Å². The molecule has 6 heterocycles. The molecule has 2 N–H and O–H groups in total. The second-order valence-corrected chi connectivity index (χ2v) is 12.5. The quantitative estimate of drug-likeness (QED) is 0.357. The predicted octanol–water partition coefficient (Wildman–Crippen LogP) is 4.67. The number of aryl methyl sites for hydroxylation is 1. The van der Waals surface area contributed by atoms with Gasteiger partial charge in [-0.1, -0.05) is 6.07 Å². The molecule has 2 aromatic heterocycles. The molecule has 11 heteroatoms. The number of fused-ring (bicyclic) bond motifs is 5. The average Bonchev–Trinajstić information content (AvgIpc) is 3.69. The third-order valence-electron chi connectivity index (χ3n) is 9.83. The third kappa shape index (κ3) is 4.04. The summed E-state index contributed by atoms with van der Waals surface area (Å²) in [7, 11) is 1.81. The van der Waals surface area contributed by atoms with Crippen LogP contribution >= 0.6 is 0 Å². The van der Waals surface area contributed by atoms with E-state index in [0.717, 1.165) is 56.9 Å². The number of anilines is 1. The number of hydrogen-bond donors (Lipinski definition) is 2. The Bertz CT molecular complexity index is 1720. The van der Waals surface area contributed by atoms with Crippen LogP contribution in [0.15, 0.2) is 30.3 Å². The van der Waals surface area contributed by atoms with Gasteiger partial charge in [0.05, 0.1) is 11.1 Å². The van der Waals surface area contributed by atoms with Crippen LogP contribution in [0.5, 0.6) is 11.6 Å². The second kappa shape index (κ2) is 9.47. The van der Waals surface area contributed by atoms with Crippen LogP contribution < -0.4 is 15.0 Å². The van der Waals surface area contributed by atoms with Gasteiger partial charge in [0.2, 0.25) is 5.88 Å². The highest BCUT2D eigenvalue weighted by atomic mass is 19.2. The summed E-state index contributed by atoms with van der Waals surface area (Å²) < 4.78 is 52.2. The zero-order valence-electron chi connectivity index (χ0n) is 23.4. The molecule has 0 amide bonds. The summed E-state index contributed by atoms with van der Waals surface area (Å²) in [5, 5.41) is 14.6. The van der Waals surface area contributed by atoms with Gasteiger partial charge in [0.1, 0.15) is 29.9 Å². The second-order valence-electron chi connectivity index (χ2n) is 12.5. The molecule has 4 aliphatic rings. The van der Waals surface area contributed by atoms with E-state index in [-0.39, 0.29) is 22.2 Å². The Morgan fingerprint density at radius 3 is 2.71 bits per heavy atom. The van der Waals surface area contributed by atoms with Crippen LogP contribution in [0.25, 0.3) is 33.2 Å². The lowest BCUT2D eigenvalue weighted by molar-refractivity contribution is 0.111. The first-order valence-electron chi connectivity index (χ1n) is 14.8. The van der Waals surface area contributed by atoms with Gasteiger partial charge in [-0.3, -0.25) is 4.90 Å². The molecular weight excluding hydrogens is 545 g/mol. The number of aromatic nitrogens is 3. The van der Waals surface area contributed by atoms with Crippen molar-refractivity contribution in [2.45, 2.75) is 55.9 Å². The average molecular weight is 579 g/mol. The lowest BCUT2D eigenvalue weighted by atomic mass is 9.95. The highest BCUT2D eigenvalue weighted by Gasteiger charge is 2.49. The standard InChI is InChI=1S/C31H33F3N6O2/c1-38-24-11-25(42-16-31-7-2-8-40(31)13-18(32)12-31)36-30(39-14-19-4-5-20(15-39)35-19)28(24)37-29(38)22-10-21(41)9-17-3-6-23(33)27(34)26(17)22/h3,6,9-11,18-20,35,41H,2,4-5,7-8,12-16H2,1H3/t18?,19?,20?,31-/m0/s1. The fourth-order valence-electron chi connectivity index (χ4n) is 7.87. The molecule has 0 aliphatic carbocycles. The molecule has 4 fully saturated rings. The molecule has 0 saturated carbocycles. The summed E-state index contributed by atoms with van der Waals surface area (Å²) in [5.74, 6) is -0.539. The molecule has 2 aromatic carbocycles. The molecule has 4 saturated heterocycles. The first-order valence-corrected chi connectivity index (χ1v) is 14.8. The minimum absolute atomic E-state index is 0.0554. The topological polar surface area (TPSA) is 78.7 Å². The lowest BCUT2D eigenvalue weighted by Gasteiger charge is -2.34. The number of phenolic OH excluding ortho intramolecular Hbond substituents is 1. The van der Waals surface area contributed by atoms with Gasteiger partial charge in [0.25, 0.3) is 0 Å². The fourth-order valence-corrected chi connectivity index (χ4v) is 7.87. The summed E-state index contributed by atoms with van der Waals surface area (Å²) in [6, 6.07) is 7.87. The summed E-state index contributed by atoms with van der Waals surface area (Å²) in [6.07, 6.45) is 3.72. The molecule has 0 spiro atoms. The van der Waals surface area contributed by atoms with Gasteiger partial charge in [-0.2, -0.15) is 4.98 Å². The summed E-state index contributed by atoms with van der Waals surface area (Å²) >= 11 is 0. The molecular formula is C31H33F3N6O2. The van der Waals surface area contributed by atoms with Gasteiger partial charge in [-0.25, -0.2) is 18.2 Å². The molecule has 4 aliphatic heterocycles. The number of nitrogens with one attached hydrogen (secondary N) is 1. The molecule has 4 aromatic rings. The summed E-state index contributed by atoms with van der Waals surface area (Å²) in [6.45, 7) is 3.22. The molecule has 42 heavy (non-hydrogen) atoms. The lowest BCUT2D eigenvalue weighted by Crippen LogP contribution is -2.51. The number of rotatable bonds is 5. The number of ether oxygens (including phenoxy) is 1. The van der Waals surface area contributed by atoms with Crippen molar-refractivity contribution in [1.29, 1.82) is 0 Å². The van der Waals surface area contributed by atoms with E-state index in [9.17, 15) is 13.9 Å². The first kappa shape index (κ1) is 26.1. The largest absolute Gasteiger partial charge is 0.508 e. The number of aromatic hydroxyl groups is 1. The van der Waals surface area contributed by atoms with Crippen LogP contribution in [0.3, 0.4) is 0 Å². The summed E-state index contributed by atoms with van der Waals surface area (Å²) in [4.78, 5) is 14.4. The Hall–Kier alpha value is -3.57. The monoisotopic (exact) mass is 578 g/mol. The van der Waals surface area contributed by atoms with E-state index in [1.165, 1.54) is 18.2 Å². The molecule has 220 valence electrons. The van der Waals surface area contributed by atoms with Crippen molar-refractivity contribution in [2.75, 3.05) is 37.7 Å². The fraction of sp³-hybridized carbons (Fsp3) is 0.484. The molecule has 2 bridgehead atoms. The maximum absolute atomic E-state index is 15.2. The zero-order valence-corrected chi connectivity index (χ0v) is 23.4. The minimum atomic E-state index is -0.987. The SMILES string of the molecule is Cn1c(-c2cc(O)cc3ccc(F)c(F)c23)nc2c(N3CC4CCC(C3)N4)nc(OC[C@@]34CCCN3CC(F)C4)cc21. The van der Waals surface area contributed by atoms with Crippen molar-refractivity contribution in [3.63, 3.8) is 0 Å². The highest BCUT2D eigenvalue weighted by molar-refractivity contribution is 5.99. The Morgan fingerprint density at radius 1 is 1.10 bits per heavy atom. The van der Waals surface area contributed by atoms with Gasteiger partial charge >= 0.3 is 0 Å². The predicted molar refractivity (Wildman–Crippen MR) is 154 cm³/mol. The number of alkyl halides is 1. The van der Waals surface area contributed by atoms with Crippen molar-refractivity contribution in [2.24, 2.45) is 7.05 Å². The van der Waals surface area contributed by atoms with Crippen LogP contribution in [0.1, 0.15) is 32.1 Å². The van der Waals surface area contributed by atoms with Crippen molar-refractivity contribution in [3.8, 4) is 23.0 Å². The Balaban J connectivity index is 1.26. The molecule has 4 atom stereocenters. The number of benzene rings is 2. The van der Waals surface area contributed by atoms with Gasteiger partial charge in [0, 0.05) is 62.2 Å². The van der Waals surface area contributed by atoms with Crippen LogP contribution in [-0.2, 0) is 7.05 Å². The Morgan fingerprint density at radius 2 is 1.90 bits per heavy atom. The first-order chi connectivity index (χ1) is 20.3. The van der Waals surface area contributed by atoms with Crippen molar-refractivity contribution in [3.05, 3.63) is 42.0 Å². The van der Waals surface area contributed by atoms with Crippen molar-refractivity contribution in [1.82, 2.24) is 24.8 Å². The van der Waals surface area contributed by atoms with Crippen LogP contribution in [-0.4, -0.2) is 81.1 Å². The van der Waals surface area contributed by atoms with E-state index in [0.29, 0.717) is 60.1 Å². The van der Waals surface area contributed by atoms with Gasteiger partial charge in [-0.15, -0.1) is 0 Å². The maximum atomic E-state index is 15.2. The number of halogens is 3. The number of pyridine rings is 1. The number of hydrogen-bond acceptors (Lipinski definition) is 7. The van der Waals surface area contributed by atoms with E-state index in [2.05, 4.69) is 15.1 Å². The number of phenols is 1. The number of piperazine rings is 1. The van der Waals surface area contributed by atoms with E-state index < -0.39 is 17.8 Å². The highest BCUT2D eigenvalue weighted by Crippen LogP contribution is 2.42. The van der Waals surface area contributed by atoms with Crippen LogP contribution in [0.2, 0.25) is 0 Å². The van der Waals surface area contributed by atoms with Crippen LogP contribution in [0.4, 0.5) is 19.0 Å². The summed E-state index contributed by atoms with van der Waals surface area (Å²) in [5.41, 5.74) is 1.32. The third-order valence-corrected chi connectivity index (χ3v) is 9.83. The van der Waals surface area contributed by atoms with Crippen molar-refractivity contribution < 1.29 is 23.0 Å².